The van der Waals surface area contributed by atoms with Crippen LogP contribution >= 0.6 is 12.4 Å². The molecule has 0 bridgehead atoms. The maximum atomic E-state index is 12.5. The van der Waals surface area contributed by atoms with Crippen molar-refractivity contribution in [2.45, 2.75) is 6.92 Å². The van der Waals surface area contributed by atoms with Gasteiger partial charge in [-0.15, -0.1) is 12.4 Å². The Bertz CT molecular complexity index is 519. The van der Waals surface area contributed by atoms with Crippen molar-refractivity contribution < 1.29 is 14.3 Å². The van der Waals surface area contributed by atoms with Crippen molar-refractivity contribution in [1.82, 2.24) is 4.90 Å². The molecule has 6 nitrogen and oxygen atoms in total. The van der Waals surface area contributed by atoms with Crippen LogP contribution < -0.4 is 11.1 Å². The maximum Gasteiger partial charge on any atom is 0.256 e. The number of halogens is 1. The minimum atomic E-state index is -0.295. The molecule has 1 atom stereocenters. The summed E-state index contributed by atoms with van der Waals surface area (Å²) in [6, 6.07) is 7.03. The molecule has 2 rings (SSSR count). The maximum absolute atomic E-state index is 12.5. The topological polar surface area (TPSA) is 84.7 Å². The highest BCUT2D eigenvalue weighted by Gasteiger charge is 2.22. The molecule has 1 aliphatic heterocycles. The Morgan fingerprint density at radius 3 is 2.59 bits per heavy atom. The van der Waals surface area contributed by atoms with E-state index in [0.717, 1.165) is 0 Å². The lowest BCUT2D eigenvalue weighted by Gasteiger charge is -2.27. The largest absolute Gasteiger partial charge is 0.378 e. The van der Waals surface area contributed by atoms with Crippen LogP contribution in [0.25, 0.3) is 0 Å². The van der Waals surface area contributed by atoms with Crippen LogP contribution in [0.2, 0.25) is 0 Å². The van der Waals surface area contributed by atoms with Crippen molar-refractivity contribution in [1.29, 1.82) is 0 Å². The Morgan fingerprint density at radius 2 is 1.95 bits per heavy atom. The molecule has 1 aromatic rings. The van der Waals surface area contributed by atoms with Gasteiger partial charge in [0.15, 0.2) is 0 Å². The fourth-order valence-corrected chi connectivity index (χ4v) is 2.08. The zero-order valence-corrected chi connectivity index (χ0v) is 13.4. The molecule has 1 saturated heterocycles. The number of carbonyl (C=O) groups is 2. The molecule has 1 aliphatic rings. The second-order valence-electron chi connectivity index (χ2n) is 5.08. The zero-order valence-electron chi connectivity index (χ0n) is 12.6. The van der Waals surface area contributed by atoms with E-state index in [4.69, 9.17) is 10.5 Å². The number of rotatable bonds is 4. The summed E-state index contributed by atoms with van der Waals surface area (Å²) in [6.45, 7) is 4.25. The SMILES string of the molecule is CC(CN)C(=O)Nc1ccccc1C(=O)N1CCOCC1.Cl. The minimum Gasteiger partial charge on any atom is -0.378 e. The zero-order chi connectivity index (χ0) is 15.2. The molecule has 1 heterocycles. The normalized spacial score (nSPS) is 15.6. The Balaban J connectivity index is 0.00000242. The van der Waals surface area contributed by atoms with E-state index in [-0.39, 0.29) is 36.7 Å². The van der Waals surface area contributed by atoms with Gasteiger partial charge in [0.2, 0.25) is 5.91 Å². The van der Waals surface area contributed by atoms with E-state index in [1.807, 2.05) is 0 Å². The Morgan fingerprint density at radius 1 is 1.32 bits per heavy atom. The van der Waals surface area contributed by atoms with Crippen LogP contribution in [-0.4, -0.2) is 49.6 Å². The van der Waals surface area contributed by atoms with E-state index in [2.05, 4.69) is 5.32 Å². The summed E-state index contributed by atoms with van der Waals surface area (Å²) >= 11 is 0. The van der Waals surface area contributed by atoms with Crippen molar-refractivity contribution in [2.75, 3.05) is 38.2 Å². The van der Waals surface area contributed by atoms with Gasteiger partial charge in [0.05, 0.1) is 24.5 Å². The summed E-state index contributed by atoms with van der Waals surface area (Å²) in [7, 11) is 0. The first-order valence-corrected chi connectivity index (χ1v) is 7.10. The lowest BCUT2D eigenvalue weighted by atomic mass is 10.1. The van der Waals surface area contributed by atoms with Gasteiger partial charge < -0.3 is 20.7 Å². The Kier molecular flexibility index (Phi) is 7.31. The van der Waals surface area contributed by atoms with Gasteiger partial charge in [-0.05, 0) is 12.1 Å². The van der Waals surface area contributed by atoms with Gasteiger partial charge in [-0.25, -0.2) is 0 Å². The molecule has 2 amide bonds. The molecule has 0 aliphatic carbocycles. The molecule has 0 aromatic heterocycles. The molecule has 1 unspecified atom stereocenters. The third-order valence-electron chi connectivity index (χ3n) is 3.51. The smallest absolute Gasteiger partial charge is 0.256 e. The van der Waals surface area contributed by atoms with Crippen LogP contribution in [0.1, 0.15) is 17.3 Å². The van der Waals surface area contributed by atoms with Crippen molar-refractivity contribution in [2.24, 2.45) is 11.7 Å². The van der Waals surface area contributed by atoms with Crippen LogP contribution in [0, 0.1) is 5.92 Å². The first kappa shape index (κ1) is 18.4. The number of nitrogens with one attached hydrogen (secondary N) is 1. The predicted molar refractivity (Wildman–Crippen MR) is 87.3 cm³/mol. The summed E-state index contributed by atoms with van der Waals surface area (Å²) in [5.74, 6) is -0.564. The number of hydrogen-bond acceptors (Lipinski definition) is 4. The van der Waals surface area contributed by atoms with Gasteiger partial charge in [0.25, 0.3) is 5.91 Å². The van der Waals surface area contributed by atoms with Gasteiger partial charge in [0.1, 0.15) is 0 Å². The highest BCUT2D eigenvalue weighted by molar-refractivity contribution is 6.04. The summed E-state index contributed by atoms with van der Waals surface area (Å²) in [5.41, 5.74) is 6.52. The average molecular weight is 328 g/mol. The summed E-state index contributed by atoms with van der Waals surface area (Å²) < 4.78 is 5.25. The average Bonchev–Trinajstić information content (AvgIpc) is 2.54. The second-order valence-corrected chi connectivity index (χ2v) is 5.08. The first-order chi connectivity index (χ1) is 10.1. The van der Waals surface area contributed by atoms with E-state index in [9.17, 15) is 9.59 Å². The van der Waals surface area contributed by atoms with Gasteiger partial charge >= 0.3 is 0 Å². The van der Waals surface area contributed by atoms with Gasteiger partial charge in [-0.1, -0.05) is 19.1 Å². The number of nitrogens with zero attached hydrogens (tertiary/aromatic N) is 1. The van der Waals surface area contributed by atoms with Crippen LogP contribution in [0.15, 0.2) is 24.3 Å². The van der Waals surface area contributed by atoms with Crippen molar-refractivity contribution in [3.05, 3.63) is 29.8 Å². The fraction of sp³-hybridized carbons (Fsp3) is 0.467. The highest BCUT2D eigenvalue weighted by atomic mass is 35.5. The van der Waals surface area contributed by atoms with Crippen molar-refractivity contribution in [3.63, 3.8) is 0 Å². The molecular formula is C15H22ClN3O3. The van der Waals surface area contributed by atoms with Crippen molar-refractivity contribution in [3.8, 4) is 0 Å². The lowest BCUT2D eigenvalue weighted by molar-refractivity contribution is -0.119. The fourth-order valence-electron chi connectivity index (χ4n) is 2.08. The van der Waals surface area contributed by atoms with Gasteiger partial charge in [-0.2, -0.15) is 0 Å². The summed E-state index contributed by atoms with van der Waals surface area (Å²) in [4.78, 5) is 26.2. The van der Waals surface area contributed by atoms with Crippen LogP contribution in [0.5, 0.6) is 0 Å². The predicted octanol–water partition coefficient (Wildman–Crippen LogP) is 1.11. The molecule has 1 fully saturated rings. The molecule has 1 aromatic carbocycles. The quantitative estimate of drug-likeness (QED) is 0.867. The third kappa shape index (κ3) is 4.43. The molecule has 122 valence electrons. The number of amides is 2. The number of morpholine rings is 1. The van der Waals surface area contributed by atoms with E-state index < -0.39 is 0 Å². The summed E-state index contributed by atoms with van der Waals surface area (Å²) in [6.07, 6.45) is 0. The Hall–Kier alpha value is -1.63. The van der Waals surface area contributed by atoms with E-state index in [1.54, 1.807) is 36.1 Å². The van der Waals surface area contributed by atoms with E-state index in [0.29, 0.717) is 37.6 Å². The third-order valence-corrected chi connectivity index (χ3v) is 3.51. The number of hydrogen-bond donors (Lipinski definition) is 2. The van der Waals surface area contributed by atoms with Crippen molar-refractivity contribution >= 4 is 29.9 Å². The molecule has 0 saturated carbocycles. The Labute approximate surface area is 136 Å². The molecule has 22 heavy (non-hydrogen) atoms. The van der Waals surface area contributed by atoms with Crippen LogP contribution in [-0.2, 0) is 9.53 Å². The first-order valence-electron chi connectivity index (χ1n) is 7.10. The highest BCUT2D eigenvalue weighted by Crippen LogP contribution is 2.18. The minimum absolute atomic E-state index is 0. The molecule has 0 radical (unpaired) electrons. The summed E-state index contributed by atoms with van der Waals surface area (Å²) in [5, 5.41) is 2.78. The molecule has 3 N–H and O–H groups in total. The standard InChI is InChI=1S/C15H21N3O3.ClH/c1-11(10-16)14(19)17-13-5-3-2-4-12(13)15(20)18-6-8-21-9-7-18;/h2-5,11H,6-10,16H2,1H3,(H,17,19);1H. The van der Waals surface area contributed by atoms with E-state index >= 15 is 0 Å². The molecule has 0 spiro atoms. The monoisotopic (exact) mass is 327 g/mol. The van der Waals surface area contributed by atoms with Crippen LogP contribution in [0.3, 0.4) is 0 Å². The molecular weight excluding hydrogens is 306 g/mol. The number of ether oxygens (including phenoxy) is 1. The second kappa shape index (κ2) is 8.73. The number of carbonyl (C=O) groups excluding carboxylic acids is 2. The van der Waals surface area contributed by atoms with Gasteiger partial charge in [-0.3, -0.25) is 9.59 Å². The number of anilines is 1. The molecule has 7 heteroatoms. The number of para-hydroxylation sites is 1. The van der Waals surface area contributed by atoms with Gasteiger partial charge in [0, 0.05) is 25.6 Å². The number of nitrogens with two attached hydrogens (primary N) is 1. The van der Waals surface area contributed by atoms with Crippen LogP contribution in [0.4, 0.5) is 5.69 Å². The lowest BCUT2D eigenvalue weighted by Crippen LogP contribution is -2.41. The van der Waals surface area contributed by atoms with E-state index in [1.165, 1.54) is 0 Å². The number of benzene rings is 1.